The molecule has 1 N–H and O–H groups in total. The van der Waals surface area contributed by atoms with Crippen molar-refractivity contribution < 1.29 is 13.2 Å². The lowest BCUT2D eigenvalue weighted by Gasteiger charge is -2.19. The zero-order valence-electron chi connectivity index (χ0n) is 17.5. The smallest absolute Gasteiger partial charge is 0.264 e. The fourth-order valence-electron chi connectivity index (χ4n) is 3.39. The highest BCUT2D eigenvalue weighted by atomic mass is 32.2. The third-order valence-electron chi connectivity index (χ3n) is 5.14. The molecule has 0 saturated heterocycles. The quantitative estimate of drug-likeness (QED) is 0.411. The number of carbonyl (C=O) groups excluding carboxylic acids is 1. The molecule has 32 heavy (non-hydrogen) atoms. The van der Waals surface area contributed by atoms with Gasteiger partial charge in [0.05, 0.1) is 10.6 Å². The fraction of sp³-hybridized carbons (Fsp3) is 0.0385. The minimum absolute atomic E-state index is 0.146. The predicted octanol–water partition coefficient (Wildman–Crippen LogP) is 5.32. The monoisotopic (exact) mass is 442 g/mol. The molecule has 0 unspecified atom stereocenters. The number of sulfonamides is 1. The van der Waals surface area contributed by atoms with Gasteiger partial charge in [-0.1, -0.05) is 60.7 Å². The molecule has 0 atom stereocenters. The number of hydrogen-bond donors (Lipinski definition) is 1. The first-order chi connectivity index (χ1) is 15.4. The Balaban J connectivity index is 1.46. The van der Waals surface area contributed by atoms with Crippen LogP contribution in [-0.4, -0.2) is 21.4 Å². The van der Waals surface area contributed by atoms with Gasteiger partial charge in [-0.3, -0.25) is 9.10 Å². The maximum atomic E-state index is 12.9. The van der Waals surface area contributed by atoms with Gasteiger partial charge < -0.3 is 5.32 Å². The normalized spacial score (nSPS) is 11.5. The van der Waals surface area contributed by atoms with Gasteiger partial charge in [-0.25, -0.2) is 8.42 Å². The molecule has 0 aliphatic rings. The third-order valence-corrected chi connectivity index (χ3v) is 6.94. The Morgan fingerprint density at radius 3 is 2.22 bits per heavy atom. The number of nitrogens with zero attached hydrogens (tertiary/aromatic N) is 1. The van der Waals surface area contributed by atoms with Crippen LogP contribution < -0.4 is 9.62 Å². The molecule has 4 aromatic rings. The Labute approximate surface area is 187 Å². The van der Waals surface area contributed by atoms with Gasteiger partial charge in [0.1, 0.15) is 0 Å². The number of carbonyl (C=O) groups is 1. The van der Waals surface area contributed by atoms with Crippen LogP contribution in [0.15, 0.2) is 108 Å². The Morgan fingerprint density at radius 2 is 1.47 bits per heavy atom. The molecule has 1 amide bonds. The topological polar surface area (TPSA) is 66.5 Å². The second-order valence-corrected chi connectivity index (χ2v) is 9.19. The van der Waals surface area contributed by atoms with E-state index in [1.807, 2.05) is 48.5 Å². The average molecular weight is 443 g/mol. The van der Waals surface area contributed by atoms with Gasteiger partial charge in [0.25, 0.3) is 10.0 Å². The molecule has 4 aromatic carbocycles. The van der Waals surface area contributed by atoms with Crippen molar-refractivity contribution >= 4 is 44.2 Å². The Morgan fingerprint density at radius 1 is 0.812 bits per heavy atom. The summed E-state index contributed by atoms with van der Waals surface area (Å²) in [6.45, 7) is 0. The maximum Gasteiger partial charge on any atom is 0.264 e. The minimum atomic E-state index is -3.70. The highest BCUT2D eigenvalue weighted by molar-refractivity contribution is 7.92. The Bertz CT molecular complexity index is 1370. The SMILES string of the molecule is CN(c1ccccc1)S(=O)(=O)c1ccc(NC(=O)C=Cc2cccc3ccccc23)cc1. The number of amides is 1. The first-order valence-corrected chi connectivity index (χ1v) is 11.5. The van der Waals surface area contributed by atoms with Gasteiger partial charge in [-0.05, 0) is 58.8 Å². The fourth-order valence-corrected chi connectivity index (χ4v) is 4.59. The summed E-state index contributed by atoms with van der Waals surface area (Å²) in [7, 11) is -2.19. The second kappa shape index (κ2) is 9.08. The largest absolute Gasteiger partial charge is 0.323 e. The summed E-state index contributed by atoms with van der Waals surface area (Å²) in [6.07, 6.45) is 3.24. The van der Waals surface area contributed by atoms with E-state index >= 15 is 0 Å². The average Bonchev–Trinajstić information content (AvgIpc) is 2.83. The molecule has 6 heteroatoms. The van der Waals surface area contributed by atoms with Crippen molar-refractivity contribution in [1.29, 1.82) is 0 Å². The van der Waals surface area contributed by atoms with Gasteiger partial charge in [0.2, 0.25) is 5.91 Å². The highest BCUT2D eigenvalue weighted by Crippen LogP contribution is 2.23. The van der Waals surface area contributed by atoms with Crippen LogP contribution in [0.3, 0.4) is 0 Å². The first kappa shape index (κ1) is 21.3. The van der Waals surface area contributed by atoms with E-state index in [1.54, 1.807) is 42.5 Å². The van der Waals surface area contributed by atoms with Gasteiger partial charge >= 0.3 is 0 Å². The lowest BCUT2D eigenvalue weighted by atomic mass is 10.0. The van der Waals surface area contributed by atoms with Crippen LogP contribution in [-0.2, 0) is 14.8 Å². The van der Waals surface area contributed by atoms with E-state index in [4.69, 9.17) is 0 Å². The molecule has 160 valence electrons. The van der Waals surface area contributed by atoms with Crippen molar-refractivity contribution in [2.45, 2.75) is 4.90 Å². The first-order valence-electron chi connectivity index (χ1n) is 10.1. The Hall–Kier alpha value is -3.90. The van der Waals surface area contributed by atoms with Crippen LogP contribution >= 0.6 is 0 Å². The maximum absolute atomic E-state index is 12.9. The second-order valence-electron chi connectivity index (χ2n) is 7.22. The van der Waals surface area contributed by atoms with Gasteiger partial charge in [-0.15, -0.1) is 0 Å². The van der Waals surface area contributed by atoms with Crippen molar-refractivity contribution in [3.05, 3.63) is 109 Å². The van der Waals surface area contributed by atoms with E-state index in [2.05, 4.69) is 5.32 Å². The molecule has 5 nitrogen and oxygen atoms in total. The summed E-state index contributed by atoms with van der Waals surface area (Å²) in [4.78, 5) is 12.5. The van der Waals surface area contributed by atoms with Crippen LogP contribution in [0.1, 0.15) is 5.56 Å². The number of rotatable bonds is 6. The number of hydrogen-bond acceptors (Lipinski definition) is 3. The molecule has 0 spiro atoms. The number of para-hydroxylation sites is 1. The summed E-state index contributed by atoms with van der Waals surface area (Å²) in [5, 5.41) is 4.94. The number of anilines is 2. The summed E-state index contributed by atoms with van der Waals surface area (Å²) in [5.74, 6) is -0.296. The lowest BCUT2D eigenvalue weighted by molar-refractivity contribution is -0.111. The van der Waals surface area contributed by atoms with Gasteiger partial charge in [0.15, 0.2) is 0 Å². The molecule has 0 aliphatic heterocycles. The van der Waals surface area contributed by atoms with E-state index < -0.39 is 10.0 Å². The standard InChI is InChI=1S/C26H22N2O3S/c1-28(23-11-3-2-4-12-23)32(30,31)24-17-15-22(16-18-24)27-26(29)19-14-21-10-7-9-20-8-5-6-13-25(20)21/h2-19H,1H3,(H,27,29). The molecule has 4 rings (SSSR count). The predicted molar refractivity (Wildman–Crippen MR) is 130 cm³/mol. The molecule has 0 bridgehead atoms. The zero-order valence-corrected chi connectivity index (χ0v) is 18.3. The van der Waals surface area contributed by atoms with Crippen molar-refractivity contribution in [2.75, 3.05) is 16.7 Å². The number of fused-ring (bicyclic) bond motifs is 1. The molecule has 0 aromatic heterocycles. The summed E-state index contributed by atoms with van der Waals surface area (Å²) in [6, 6.07) is 28.9. The van der Waals surface area contributed by atoms with Crippen LogP contribution in [0.4, 0.5) is 11.4 Å². The summed E-state index contributed by atoms with van der Waals surface area (Å²) >= 11 is 0. The van der Waals surface area contributed by atoms with E-state index in [1.165, 1.54) is 29.6 Å². The van der Waals surface area contributed by atoms with Crippen LogP contribution in [0.2, 0.25) is 0 Å². The lowest BCUT2D eigenvalue weighted by Crippen LogP contribution is -2.26. The van der Waals surface area contributed by atoms with Crippen molar-refractivity contribution in [3.8, 4) is 0 Å². The van der Waals surface area contributed by atoms with E-state index in [0.717, 1.165) is 16.3 Å². The Kier molecular flexibility index (Phi) is 6.05. The van der Waals surface area contributed by atoms with Crippen LogP contribution in [0.25, 0.3) is 16.8 Å². The van der Waals surface area contributed by atoms with Gasteiger partial charge in [-0.2, -0.15) is 0 Å². The molecular formula is C26H22N2O3S. The molecule has 0 saturated carbocycles. The molecule has 0 heterocycles. The van der Waals surface area contributed by atoms with Crippen molar-refractivity contribution in [2.24, 2.45) is 0 Å². The molecule has 0 aliphatic carbocycles. The zero-order chi connectivity index (χ0) is 22.6. The number of nitrogens with one attached hydrogen (secondary N) is 1. The molecular weight excluding hydrogens is 420 g/mol. The van der Waals surface area contributed by atoms with E-state index in [0.29, 0.717) is 11.4 Å². The minimum Gasteiger partial charge on any atom is -0.323 e. The van der Waals surface area contributed by atoms with E-state index in [9.17, 15) is 13.2 Å². The van der Waals surface area contributed by atoms with Crippen molar-refractivity contribution in [1.82, 2.24) is 0 Å². The highest BCUT2D eigenvalue weighted by Gasteiger charge is 2.21. The molecule has 0 fully saturated rings. The third kappa shape index (κ3) is 4.55. The van der Waals surface area contributed by atoms with Crippen molar-refractivity contribution in [3.63, 3.8) is 0 Å². The number of benzene rings is 4. The van der Waals surface area contributed by atoms with Crippen LogP contribution in [0, 0.1) is 0 Å². The summed E-state index contributed by atoms with van der Waals surface area (Å²) in [5.41, 5.74) is 2.03. The van der Waals surface area contributed by atoms with E-state index in [-0.39, 0.29) is 10.8 Å². The molecule has 0 radical (unpaired) electrons. The van der Waals surface area contributed by atoms with Crippen LogP contribution in [0.5, 0.6) is 0 Å². The summed E-state index contributed by atoms with van der Waals surface area (Å²) < 4.78 is 26.9. The van der Waals surface area contributed by atoms with Gasteiger partial charge in [0, 0.05) is 18.8 Å².